The van der Waals surface area contributed by atoms with Crippen LogP contribution in [0.3, 0.4) is 0 Å². The van der Waals surface area contributed by atoms with Gasteiger partial charge in [0.15, 0.2) is 0 Å². The predicted octanol–water partition coefficient (Wildman–Crippen LogP) is -20.7. The number of carbonyl (C=O) groups excluding carboxylic acids is 6. The van der Waals surface area contributed by atoms with Gasteiger partial charge < -0.3 is 64.9 Å². The average Bonchev–Trinajstić information content (AvgIpc) is 2.33. The molecule has 31 heavy (non-hydrogen) atoms. The molecule has 161 valence electrons. The Kier molecular flexibility index (Phi) is 44.3. The number of hydrogen-bond donors (Lipinski definition) is 0. The fourth-order valence-corrected chi connectivity index (χ4v) is 1.43. The van der Waals surface area contributed by atoms with E-state index >= 15 is 0 Å². The molecule has 0 aromatic carbocycles. The fraction of sp³-hybridized carbons (Fsp3) is 0.500. The van der Waals surface area contributed by atoms with Crippen LogP contribution in [-0.4, -0.2) is 90.4 Å². The Morgan fingerprint density at radius 1 is 0.419 bits per heavy atom. The van der Waals surface area contributed by atoms with E-state index in [4.69, 9.17) is 0 Å². The molecule has 0 unspecified atom stereocenters. The molecule has 0 saturated carbocycles. The third-order valence-corrected chi connectivity index (χ3v) is 2.12. The van der Waals surface area contributed by atoms with E-state index in [1.54, 1.807) is 0 Å². The first-order valence-electron chi connectivity index (χ1n) is 6.47. The van der Waals surface area contributed by atoms with Gasteiger partial charge in [-0.1, -0.05) is 0 Å². The topological polar surface area (TPSA) is 279 Å². The maximum absolute atomic E-state index is 9.99. The summed E-state index contributed by atoms with van der Waals surface area (Å²) in [5, 5.41) is 60.0. The van der Waals surface area contributed by atoms with Gasteiger partial charge in [-0.3, -0.25) is 9.80 Å². The summed E-state index contributed by atoms with van der Waals surface area (Å²) >= 11 is 0. The molecule has 0 aliphatic heterocycles. The molecule has 2 N–H and O–H groups in total. The third kappa shape index (κ3) is 41.0. The van der Waals surface area contributed by atoms with E-state index in [0.717, 1.165) is 0 Å². The van der Waals surface area contributed by atoms with E-state index in [9.17, 15) is 59.4 Å². The summed E-state index contributed by atoms with van der Waals surface area (Å²) in [5.41, 5.74) is 0. The van der Waals surface area contributed by atoms with Crippen molar-refractivity contribution in [3.05, 3.63) is 0 Å². The molecule has 0 saturated heterocycles. The molecule has 0 aromatic heterocycles. The van der Waals surface area contributed by atoms with Gasteiger partial charge in [-0.05, 0) is 0 Å². The summed E-state index contributed by atoms with van der Waals surface area (Å²) in [6, 6.07) is 0. The maximum Gasteiger partial charge on any atom is 3.00 e. The van der Waals surface area contributed by atoms with Crippen molar-refractivity contribution in [2.24, 2.45) is 0 Å². The Morgan fingerprint density at radius 2 is 0.516 bits per heavy atom. The van der Waals surface area contributed by atoms with Gasteiger partial charge in [0, 0.05) is 39.3 Å². The van der Waals surface area contributed by atoms with Crippen LogP contribution in [0.1, 0.15) is 0 Å². The molecule has 0 fully saturated rings. The van der Waals surface area contributed by atoms with Crippen LogP contribution in [-0.2, 0) is 45.8 Å². The van der Waals surface area contributed by atoms with Gasteiger partial charge in [-0.15, -0.1) is 0 Å². The van der Waals surface area contributed by atoms with E-state index in [0.29, 0.717) is 9.80 Å². The van der Waals surface area contributed by atoms with E-state index in [-0.39, 0.29) is 111 Å². The van der Waals surface area contributed by atoms with E-state index in [1.165, 1.54) is 0 Å². The summed E-state index contributed by atoms with van der Waals surface area (Å²) in [5.74, 6) is -9.40. The van der Waals surface area contributed by atoms with E-state index in [1.807, 2.05) is 0 Å². The molecule has 15 nitrogen and oxygen atoms in total. The van der Waals surface area contributed by atoms with Crippen LogP contribution in [0.5, 0.6) is 0 Å². The molecule has 0 aliphatic carbocycles. The molecule has 0 spiro atoms. The number of hydrogen-bond acceptors (Lipinski definition) is 14. The SMILES string of the molecule is O.O=C([O-])CN(CC(=O)[O-])CC(=O)[O-].O=C([O-])CN(CC(=O)[O-])CC(=O)[O-].[Fe+3].[Na+].[Na+].[Na+]. The molecule has 19 heteroatoms. The third-order valence-electron chi connectivity index (χ3n) is 2.12. The molecule has 0 aromatic rings. The fourth-order valence-electron chi connectivity index (χ4n) is 1.43. The van der Waals surface area contributed by atoms with Gasteiger partial charge in [0.25, 0.3) is 0 Å². The predicted molar refractivity (Wildman–Crippen MR) is 66.5 cm³/mol. The molecular weight excluding hydrogens is 505 g/mol. The van der Waals surface area contributed by atoms with Gasteiger partial charge in [-0.25, -0.2) is 0 Å². The van der Waals surface area contributed by atoms with Crippen molar-refractivity contribution in [3.63, 3.8) is 0 Å². The van der Waals surface area contributed by atoms with Gasteiger partial charge in [0.05, 0.1) is 35.8 Å². The Labute approximate surface area is 252 Å². The first kappa shape index (κ1) is 48.6. The second-order valence-corrected chi connectivity index (χ2v) is 4.52. The minimum absolute atomic E-state index is 0. The first-order chi connectivity index (χ1) is 11.8. The number of rotatable bonds is 12. The molecule has 0 rings (SSSR count). The van der Waals surface area contributed by atoms with Crippen LogP contribution in [0, 0.1) is 0 Å². The van der Waals surface area contributed by atoms with Crippen molar-refractivity contribution in [1.29, 1.82) is 0 Å². The van der Waals surface area contributed by atoms with E-state index in [2.05, 4.69) is 0 Å². The molecule has 0 amide bonds. The zero-order valence-electron chi connectivity index (χ0n) is 16.9. The summed E-state index contributed by atoms with van der Waals surface area (Å²) in [7, 11) is 0. The van der Waals surface area contributed by atoms with Gasteiger partial charge in [0.2, 0.25) is 0 Å². The quantitative estimate of drug-likeness (QED) is 0.217. The number of nitrogens with zero attached hydrogens (tertiary/aromatic N) is 2. The maximum atomic E-state index is 9.99. The number of aliphatic carboxylic acids is 6. The van der Waals surface area contributed by atoms with Gasteiger partial charge >= 0.3 is 106 Å². The van der Waals surface area contributed by atoms with Crippen molar-refractivity contribution >= 4 is 35.8 Å². The first-order valence-corrected chi connectivity index (χ1v) is 6.47. The van der Waals surface area contributed by atoms with Crippen LogP contribution in [0.15, 0.2) is 0 Å². The summed E-state index contributed by atoms with van der Waals surface area (Å²) in [6.45, 7) is -4.74. The van der Waals surface area contributed by atoms with Crippen molar-refractivity contribution < 1.29 is 171 Å². The minimum atomic E-state index is -1.57. The van der Waals surface area contributed by atoms with Crippen LogP contribution >= 0.6 is 0 Å². The van der Waals surface area contributed by atoms with Crippen molar-refractivity contribution in [1.82, 2.24) is 9.80 Å². The smallest absolute Gasteiger partial charge is 0.549 e. The summed E-state index contributed by atoms with van der Waals surface area (Å²) in [6.07, 6.45) is 0. The van der Waals surface area contributed by atoms with Gasteiger partial charge in [-0.2, -0.15) is 0 Å². The van der Waals surface area contributed by atoms with Gasteiger partial charge in [0.1, 0.15) is 0 Å². The largest absolute Gasteiger partial charge is 3.00 e. The summed E-state index contributed by atoms with van der Waals surface area (Å²) < 4.78 is 0. The molecule has 0 aliphatic rings. The van der Waals surface area contributed by atoms with Crippen LogP contribution < -0.4 is 119 Å². The van der Waals surface area contributed by atoms with E-state index < -0.39 is 75.1 Å². The number of carbonyl (C=O) groups is 6. The van der Waals surface area contributed by atoms with Crippen LogP contribution in [0.4, 0.5) is 0 Å². The number of carboxylic acid groups (broad SMARTS) is 6. The molecule has 1 radical (unpaired) electrons. The average molecular weight is 519 g/mol. The Balaban J connectivity index is -0.0000000640. The molecule has 0 atom stereocenters. The minimum Gasteiger partial charge on any atom is -0.549 e. The molecular formula is C12H14FeN2Na3O13. The zero-order valence-corrected chi connectivity index (χ0v) is 24.0. The second-order valence-electron chi connectivity index (χ2n) is 4.52. The molecule has 0 heterocycles. The monoisotopic (exact) mass is 519 g/mol. The Bertz CT molecular complexity index is 444. The van der Waals surface area contributed by atoms with Crippen LogP contribution in [0.25, 0.3) is 0 Å². The van der Waals surface area contributed by atoms with Crippen molar-refractivity contribution in [2.75, 3.05) is 39.3 Å². The normalized spacial score (nSPS) is 8.32. The van der Waals surface area contributed by atoms with Crippen LogP contribution in [0.2, 0.25) is 0 Å². The summed E-state index contributed by atoms with van der Waals surface area (Å²) in [4.78, 5) is 61.2. The number of carboxylic acids is 6. The molecule has 0 bridgehead atoms. The second kappa shape index (κ2) is 28.3. The zero-order chi connectivity index (χ0) is 20.9. The van der Waals surface area contributed by atoms with Crippen molar-refractivity contribution in [2.45, 2.75) is 0 Å². The van der Waals surface area contributed by atoms with Crippen molar-refractivity contribution in [3.8, 4) is 0 Å². The Morgan fingerprint density at radius 3 is 0.581 bits per heavy atom. The Hall–Kier alpha value is 0.219. The standard InChI is InChI=1S/2C6H9NO6.Fe.3Na.H2O/c2*8-4(9)1-7(2-5(10)11)3-6(12)13;;;;;/h2*1-3H2,(H,8,9)(H,10,11)(H,12,13);;;;;1H2/q;;+3;3*+1;/p-6.